The van der Waals surface area contributed by atoms with Crippen molar-refractivity contribution in [3.8, 4) is 17.2 Å². The minimum absolute atomic E-state index is 0.0294. The second-order valence-electron chi connectivity index (χ2n) is 8.35. The quantitative estimate of drug-likeness (QED) is 0.187. The second kappa shape index (κ2) is 11.3. The molecule has 0 spiro atoms. The lowest BCUT2D eigenvalue weighted by molar-refractivity contribution is -0.144. The molecule has 3 rings (SSSR count). The number of nitrogens with one attached hydrogen (secondary N) is 2. The van der Waals surface area contributed by atoms with Gasteiger partial charge in [-0.1, -0.05) is 25.1 Å². The largest absolute Gasteiger partial charge is 0.504 e. The number of para-hydroxylation sites is 1. The number of aromatic hydroxyl groups is 3. The van der Waals surface area contributed by atoms with Crippen molar-refractivity contribution in [3.63, 3.8) is 0 Å². The molecule has 1 unspecified atom stereocenters. The van der Waals surface area contributed by atoms with Crippen LogP contribution in [0.15, 0.2) is 42.6 Å². The highest BCUT2D eigenvalue weighted by Gasteiger charge is 2.39. The van der Waals surface area contributed by atoms with Gasteiger partial charge in [-0.15, -0.1) is 0 Å². The van der Waals surface area contributed by atoms with Crippen LogP contribution in [-0.4, -0.2) is 77.8 Å². The first-order chi connectivity index (χ1) is 17.5. The van der Waals surface area contributed by atoms with Gasteiger partial charge in [0.15, 0.2) is 17.2 Å². The van der Waals surface area contributed by atoms with E-state index in [4.69, 9.17) is 5.11 Å². The lowest BCUT2D eigenvalue weighted by Gasteiger charge is -2.35. The van der Waals surface area contributed by atoms with Gasteiger partial charge >= 0.3 is 11.9 Å². The molecular weight excluding hydrogens is 486 g/mol. The number of hydrogen-bond donors (Lipinski definition) is 7. The summed E-state index contributed by atoms with van der Waals surface area (Å²) in [6.07, 6.45) is 1.00. The smallest absolute Gasteiger partial charge is 0.326 e. The monoisotopic (exact) mass is 513 g/mol. The Morgan fingerprint density at radius 3 is 2.24 bits per heavy atom. The summed E-state index contributed by atoms with van der Waals surface area (Å²) in [5, 5.41) is 51.7. The predicted octanol–water partition coefficient (Wildman–Crippen LogP) is 1.79. The number of aliphatic carboxylic acids is 2. The third kappa shape index (κ3) is 5.92. The number of phenolic OH excluding ortho intramolecular Hbond substituents is 3. The molecule has 12 heteroatoms. The molecule has 1 aromatic heterocycles. The van der Waals surface area contributed by atoms with Crippen LogP contribution < -0.4 is 5.32 Å². The van der Waals surface area contributed by atoms with E-state index in [-0.39, 0.29) is 31.4 Å². The second-order valence-corrected chi connectivity index (χ2v) is 8.35. The minimum Gasteiger partial charge on any atom is -0.504 e. The van der Waals surface area contributed by atoms with Crippen LogP contribution >= 0.6 is 0 Å². The van der Waals surface area contributed by atoms with E-state index in [9.17, 15) is 39.6 Å². The molecule has 0 aliphatic rings. The number of carboxylic acid groups (broad SMARTS) is 2. The first-order valence-electron chi connectivity index (χ1n) is 11.4. The molecule has 0 aliphatic heterocycles. The van der Waals surface area contributed by atoms with Crippen LogP contribution in [0.4, 0.5) is 0 Å². The number of carboxylic acids is 2. The molecule has 12 nitrogen and oxygen atoms in total. The molecule has 1 heterocycles. The van der Waals surface area contributed by atoms with Crippen molar-refractivity contribution < 1.29 is 44.7 Å². The Morgan fingerprint density at radius 2 is 1.65 bits per heavy atom. The Balaban J connectivity index is 2.07. The molecule has 2 amide bonds. The molecule has 7 N–H and O–H groups in total. The maximum absolute atomic E-state index is 13.7. The highest BCUT2D eigenvalue weighted by Crippen LogP contribution is 2.36. The molecule has 0 saturated heterocycles. The standard InChI is InChI=1S/C25H27N3O9/c1-2-17(23(34)26-8-7-21(31)32)28(24(35)13-10-19(29)22(33)20(30)11-13)18(25(36)37)9-14-12-27-16-6-4-3-5-15(14)16/h3-6,10-12,17-18,27,29-30,33H,2,7-9H2,1H3,(H,26,34)(H,31,32)(H,36,37)/t17?,18-/m0/s1. The maximum atomic E-state index is 13.7. The van der Waals surface area contributed by atoms with Gasteiger partial charge in [-0.2, -0.15) is 0 Å². The van der Waals surface area contributed by atoms with Crippen LogP contribution in [-0.2, 0) is 20.8 Å². The van der Waals surface area contributed by atoms with Crippen LogP contribution in [0.5, 0.6) is 17.2 Å². The minimum atomic E-state index is -1.57. The van der Waals surface area contributed by atoms with Crippen LogP contribution in [0.25, 0.3) is 10.9 Å². The van der Waals surface area contributed by atoms with Crippen molar-refractivity contribution in [1.82, 2.24) is 15.2 Å². The van der Waals surface area contributed by atoms with Crippen LogP contribution in [0.2, 0.25) is 0 Å². The molecular formula is C25H27N3O9. The van der Waals surface area contributed by atoms with E-state index in [1.807, 2.05) is 0 Å². The fourth-order valence-electron chi connectivity index (χ4n) is 4.11. The van der Waals surface area contributed by atoms with Gasteiger partial charge in [0.25, 0.3) is 5.91 Å². The van der Waals surface area contributed by atoms with Crippen molar-refractivity contribution in [2.24, 2.45) is 0 Å². The van der Waals surface area contributed by atoms with Gasteiger partial charge in [-0.05, 0) is 30.2 Å². The fraction of sp³-hybridized carbons (Fsp3) is 0.280. The summed E-state index contributed by atoms with van der Waals surface area (Å²) in [5.41, 5.74) is 0.944. The zero-order chi connectivity index (χ0) is 27.3. The third-order valence-corrected chi connectivity index (χ3v) is 5.92. The van der Waals surface area contributed by atoms with Gasteiger partial charge in [0, 0.05) is 35.6 Å². The molecule has 0 radical (unpaired) electrons. The number of aromatic nitrogens is 1. The van der Waals surface area contributed by atoms with Crippen LogP contribution in [0.3, 0.4) is 0 Å². The topological polar surface area (TPSA) is 200 Å². The lowest BCUT2D eigenvalue weighted by Crippen LogP contribution is -2.57. The highest BCUT2D eigenvalue weighted by molar-refractivity contribution is 6.01. The zero-order valence-electron chi connectivity index (χ0n) is 19.8. The average molecular weight is 514 g/mol. The molecule has 2 aromatic carbocycles. The number of benzene rings is 2. The van der Waals surface area contributed by atoms with E-state index in [1.54, 1.807) is 37.4 Å². The number of rotatable bonds is 11. The van der Waals surface area contributed by atoms with E-state index >= 15 is 0 Å². The Bertz CT molecular complexity index is 1310. The average Bonchev–Trinajstić information content (AvgIpc) is 3.26. The molecule has 0 aliphatic carbocycles. The number of fused-ring (bicyclic) bond motifs is 1. The molecule has 196 valence electrons. The van der Waals surface area contributed by atoms with E-state index in [1.165, 1.54) is 0 Å². The number of hydrogen-bond acceptors (Lipinski definition) is 7. The molecule has 0 fully saturated rings. The summed E-state index contributed by atoms with van der Waals surface area (Å²) in [7, 11) is 0. The van der Waals surface area contributed by atoms with E-state index in [0.29, 0.717) is 5.56 Å². The Kier molecular flexibility index (Phi) is 8.23. The maximum Gasteiger partial charge on any atom is 0.326 e. The number of amides is 2. The molecule has 37 heavy (non-hydrogen) atoms. The number of nitrogens with zero attached hydrogens (tertiary/aromatic N) is 1. The van der Waals surface area contributed by atoms with Crippen LogP contribution in [0, 0.1) is 0 Å². The van der Waals surface area contributed by atoms with E-state index < -0.39 is 53.1 Å². The summed E-state index contributed by atoms with van der Waals surface area (Å²) in [4.78, 5) is 53.9. The summed E-state index contributed by atoms with van der Waals surface area (Å²) in [5.74, 6) is -6.83. The van der Waals surface area contributed by atoms with E-state index in [0.717, 1.165) is 27.9 Å². The molecule has 0 bridgehead atoms. The van der Waals surface area contributed by atoms with Crippen molar-refractivity contribution in [2.75, 3.05) is 6.54 Å². The first kappa shape index (κ1) is 26.9. The summed E-state index contributed by atoms with van der Waals surface area (Å²) >= 11 is 0. The van der Waals surface area contributed by atoms with Crippen molar-refractivity contribution in [1.29, 1.82) is 0 Å². The van der Waals surface area contributed by atoms with Gasteiger partial charge in [0.05, 0.1) is 6.42 Å². The number of H-pyrrole nitrogens is 1. The number of aromatic amines is 1. The summed E-state index contributed by atoms with van der Waals surface area (Å²) in [6.45, 7) is 1.31. The number of carbonyl (C=O) groups is 4. The first-order valence-corrected chi connectivity index (χ1v) is 11.4. The lowest BCUT2D eigenvalue weighted by atomic mass is 9.99. The Hall–Kier alpha value is -4.74. The van der Waals surface area contributed by atoms with Gasteiger partial charge in [0.1, 0.15) is 12.1 Å². The van der Waals surface area contributed by atoms with Gasteiger partial charge in [-0.25, -0.2) is 4.79 Å². The van der Waals surface area contributed by atoms with Crippen molar-refractivity contribution >= 4 is 34.7 Å². The summed E-state index contributed by atoms with van der Waals surface area (Å²) in [6, 6.07) is 5.93. The molecule has 0 saturated carbocycles. The zero-order valence-corrected chi connectivity index (χ0v) is 19.8. The van der Waals surface area contributed by atoms with E-state index in [2.05, 4.69) is 10.3 Å². The Labute approximate surface area is 210 Å². The van der Waals surface area contributed by atoms with Crippen molar-refractivity contribution in [3.05, 3.63) is 53.7 Å². The SMILES string of the molecule is CCC(C(=O)NCCC(=O)O)N(C(=O)c1cc(O)c(O)c(O)c1)[C@@H](Cc1c[nH]c2ccccc12)C(=O)O. The van der Waals surface area contributed by atoms with Crippen LogP contribution in [0.1, 0.15) is 35.7 Å². The molecule has 3 aromatic rings. The Morgan fingerprint density at radius 1 is 1.00 bits per heavy atom. The van der Waals surface area contributed by atoms with Gasteiger partial charge in [0.2, 0.25) is 5.91 Å². The molecule has 2 atom stereocenters. The van der Waals surface area contributed by atoms with Gasteiger partial charge < -0.3 is 40.7 Å². The van der Waals surface area contributed by atoms with Gasteiger partial charge in [-0.3, -0.25) is 14.4 Å². The highest BCUT2D eigenvalue weighted by atomic mass is 16.4. The van der Waals surface area contributed by atoms with Crippen molar-refractivity contribution in [2.45, 2.75) is 38.3 Å². The normalized spacial score (nSPS) is 12.6. The number of carbonyl (C=O) groups excluding carboxylic acids is 2. The predicted molar refractivity (Wildman–Crippen MR) is 130 cm³/mol. The third-order valence-electron chi connectivity index (χ3n) is 5.92. The number of phenols is 3. The summed E-state index contributed by atoms with van der Waals surface area (Å²) < 4.78 is 0. The fourth-order valence-corrected chi connectivity index (χ4v) is 4.11.